The van der Waals surface area contributed by atoms with Gasteiger partial charge in [-0.1, -0.05) is 66.0 Å². The molecule has 0 aliphatic rings. The number of amides is 2. The van der Waals surface area contributed by atoms with Gasteiger partial charge < -0.3 is 10.2 Å². The minimum absolute atomic E-state index is 0.00599. The topological polar surface area (TPSA) is 49.4 Å². The van der Waals surface area contributed by atoms with Crippen molar-refractivity contribution < 1.29 is 9.59 Å². The average molecular weight is 481 g/mol. The van der Waals surface area contributed by atoms with Gasteiger partial charge in [0.15, 0.2) is 0 Å². The molecule has 1 atom stereocenters. The zero-order valence-corrected chi connectivity index (χ0v) is 20.8. The molecular weight excluding hydrogens is 451 g/mol. The Hall–Kier alpha value is -1.69. The second-order valence-corrected chi connectivity index (χ2v) is 9.65. The van der Waals surface area contributed by atoms with Crippen LogP contribution in [0.2, 0.25) is 10.0 Å². The summed E-state index contributed by atoms with van der Waals surface area (Å²) in [4.78, 5) is 27.7. The van der Waals surface area contributed by atoms with Crippen LogP contribution in [0.3, 0.4) is 0 Å². The molecule has 0 spiro atoms. The van der Waals surface area contributed by atoms with Gasteiger partial charge in [0.05, 0.1) is 5.75 Å². The monoisotopic (exact) mass is 480 g/mol. The van der Waals surface area contributed by atoms with Crippen molar-refractivity contribution in [2.45, 2.75) is 58.5 Å². The van der Waals surface area contributed by atoms with Crippen molar-refractivity contribution in [2.75, 3.05) is 5.75 Å². The third-order valence-electron chi connectivity index (χ3n) is 4.79. The van der Waals surface area contributed by atoms with Crippen LogP contribution in [0.4, 0.5) is 0 Å². The number of aryl methyl sites for hydroxylation is 1. The summed E-state index contributed by atoms with van der Waals surface area (Å²) in [5.74, 6) is 0.773. The molecule has 0 aliphatic heterocycles. The first kappa shape index (κ1) is 25.6. The van der Waals surface area contributed by atoms with Crippen molar-refractivity contribution in [1.29, 1.82) is 0 Å². The predicted molar refractivity (Wildman–Crippen MR) is 132 cm³/mol. The van der Waals surface area contributed by atoms with E-state index in [2.05, 4.69) is 29.6 Å². The highest BCUT2D eigenvalue weighted by molar-refractivity contribution is 7.99. The molecule has 0 saturated heterocycles. The maximum atomic E-state index is 13.2. The Morgan fingerprint density at radius 1 is 1.10 bits per heavy atom. The number of carbonyl (C=O) groups is 2. The molecule has 0 fully saturated rings. The van der Waals surface area contributed by atoms with Crippen LogP contribution in [0, 0.1) is 6.92 Å². The van der Waals surface area contributed by atoms with Crippen LogP contribution in [0.5, 0.6) is 0 Å². The number of carbonyl (C=O) groups excluding carboxylic acids is 2. The molecular formula is C24H30Cl2N2O2S. The van der Waals surface area contributed by atoms with Crippen LogP contribution < -0.4 is 5.32 Å². The second-order valence-electron chi connectivity index (χ2n) is 7.82. The molecule has 0 unspecified atom stereocenters. The van der Waals surface area contributed by atoms with E-state index < -0.39 is 6.04 Å². The van der Waals surface area contributed by atoms with Gasteiger partial charge in [0.1, 0.15) is 6.04 Å². The summed E-state index contributed by atoms with van der Waals surface area (Å²) in [5, 5.41) is 3.95. The Bertz CT molecular complexity index is 888. The van der Waals surface area contributed by atoms with Crippen LogP contribution in [-0.4, -0.2) is 34.6 Å². The van der Waals surface area contributed by atoms with Crippen LogP contribution in [0.25, 0.3) is 0 Å². The molecule has 2 aromatic rings. The molecule has 2 aromatic carbocycles. The van der Waals surface area contributed by atoms with E-state index in [9.17, 15) is 9.59 Å². The van der Waals surface area contributed by atoms with Crippen LogP contribution in [-0.2, 0) is 21.9 Å². The van der Waals surface area contributed by atoms with E-state index in [1.165, 1.54) is 11.1 Å². The van der Waals surface area contributed by atoms with Crippen LogP contribution in [0.15, 0.2) is 42.5 Å². The van der Waals surface area contributed by atoms with Gasteiger partial charge in [0.25, 0.3) is 0 Å². The molecule has 2 amide bonds. The van der Waals surface area contributed by atoms with E-state index in [0.717, 1.165) is 11.3 Å². The van der Waals surface area contributed by atoms with Gasteiger partial charge in [0, 0.05) is 28.4 Å². The van der Waals surface area contributed by atoms with E-state index in [0.29, 0.717) is 16.5 Å². The van der Waals surface area contributed by atoms with E-state index >= 15 is 0 Å². The predicted octanol–water partition coefficient (Wildman–Crippen LogP) is 5.87. The highest BCUT2D eigenvalue weighted by Crippen LogP contribution is 2.24. The molecule has 4 nitrogen and oxygen atoms in total. The largest absolute Gasteiger partial charge is 0.352 e. The zero-order chi connectivity index (χ0) is 23.0. The molecule has 0 radical (unpaired) electrons. The lowest BCUT2D eigenvalue weighted by atomic mass is 10.1. The molecule has 0 aliphatic carbocycles. The smallest absolute Gasteiger partial charge is 0.243 e. The summed E-state index contributed by atoms with van der Waals surface area (Å²) in [5.41, 5.74) is 3.14. The van der Waals surface area contributed by atoms with Crippen LogP contribution in [0.1, 0.15) is 43.9 Å². The molecule has 7 heteroatoms. The minimum atomic E-state index is -0.568. The van der Waals surface area contributed by atoms with Gasteiger partial charge in [-0.25, -0.2) is 0 Å². The first-order valence-corrected chi connectivity index (χ1v) is 12.3. The normalized spacial score (nSPS) is 12.0. The maximum absolute atomic E-state index is 13.2. The number of nitrogens with one attached hydrogen (secondary N) is 1. The van der Waals surface area contributed by atoms with E-state index in [-0.39, 0.29) is 30.2 Å². The van der Waals surface area contributed by atoms with E-state index in [4.69, 9.17) is 23.2 Å². The van der Waals surface area contributed by atoms with Crippen molar-refractivity contribution in [1.82, 2.24) is 10.2 Å². The standard InChI is InChI=1S/C24H30Cl2N2O2S/c1-5-22(24(30)27-16(2)3)28(13-19-10-11-20(25)12-21(19)26)23(29)15-31-14-18-8-6-17(4)7-9-18/h6-12,16,22H,5,13-15H2,1-4H3,(H,27,30)/t22-/m1/s1. The SMILES string of the molecule is CC[C@H](C(=O)NC(C)C)N(Cc1ccc(Cl)cc1Cl)C(=O)CSCc1ccc(C)cc1. The molecule has 0 saturated carbocycles. The molecule has 0 aromatic heterocycles. The third-order valence-corrected chi connectivity index (χ3v) is 6.36. The Morgan fingerprint density at radius 3 is 2.35 bits per heavy atom. The molecule has 0 bridgehead atoms. The summed E-state index contributed by atoms with van der Waals surface area (Å²) in [7, 11) is 0. The van der Waals surface area contributed by atoms with Gasteiger partial charge in [0.2, 0.25) is 11.8 Å². The Morgan fingerprint density at radius 2 is 1.77 bits per heavy atom. The maximum Gasteiger partial charge on any atom is 0.243 e. The number of thioether (sulfide) groups is 1. The number of rotatable bonds is 10. The summed E-state index contributed by atoms with van der Waals surface area (Å²) in [6.07, 6.45) is 0.512. The first-order valence-electron chi connectivity index (χ1n) is 10.4. The Kier molecular flexibility index (Phi) is 10.2. The number of nitrogens with zero attached hydrogens (tertiary/aromatic N) is 1. The fourth-order valence-corrected chi connectivity index (χ4v) is 4.50. The third kappa shape index (κ3) is 8.06. The molecule has 1 N–H and O–H groups in total. The minimum Gasteiger partial charge on any atom is -0.352 e. The number of hydrogen-bond acceptors (Lipinski definition) is 3. The van der Waals surface area contributed by atoms with Gasteiger partial charge in [-0.3, -0.25) is 9.59 Å². The van der Waals surface area contributed by atoms with E-state index in [1.807, 2.05) is 27.7 Å². The number of benzene rings is 2. The van der Waals surface area contributed by atoms with Crippen molar-refractivity contribution in [2.24, 2.45) is 0 Å². The molecule has 0 heterocycles. The summed E-state index contributed by atoms with van der Waals surface area (Å²) in [6.45, 7) is 8.03. The van der Waals surface area contributed by atoms with Gasteiger partial charge in [-0.15, -0.1) is 11.8 Å². The lowest BCUT2D eigenvalue weighted by Gasteiger charge is -2.31. The lowest BCUT2D eigenvalue weighted by molar-refractivity contribution is -0.139. The fourth-order valence-electron chi connectivity index (χ4n) is 3.16. The summed E-state index contributed by atoms with van der Waals surface area (Å²) in [6, 6.07) is 12.9. The zero-order valence-electron chi connectivity index (χ0n) is 18.5. The van der Waals surface area contributed by atoms with Crippen molar-refractivity contribution in [3.05, 3.63) is 69.2 Å². The highest BCUT2D eigenvalue weighted by atomic mass is 35.5. The average Bonchev–Trinajstić information content (AvgIpc) is 2.70. The first-order chi connectivity index (χ1) is 14.7. The molecule has 31 heavy (non-hydrogen) atoms. The fraction of sp³-hybridized carbons (Fsp3) is 0.417. The number of halogens is 2. The lowest BCUT2D eigenvalue weighted by Crippen LogP contribution is -2.51. The molecule has 2 rings (SSSR count). The van der Waals surface area contributed by atoms with Gasteiger partial charge in [-0.2, -0.15) is 0 Å². The molecule has 168 valence electrons. The van der Waals surface area contributed by atoms with Crippen molar-refractivity contribution >= 4 is 46.8 Å². The van der Waals surface area contributed by atoms with Crippen molar-refractivity contribution in [3.8, 4) is 0 Å². The second kappa shape index (κ2) is 12.4. The summed E-state index contributed by atoms with van der Waals surface area (Å²) >= 11 is 13.9. The Labute approximate surface area is 199 Å². The van der Waals surface area contributed by atoms with Gasteiger partial charge >= 0.3 is 0 Å². The summed E-state index contributed by atoms with van der Waals surface area (Å²) < 4.78 is 0. The Balaban J connectivity index is 2.16. The highest BCUT2D eigenvalue weighted by Gasteiger charge is 2.29. The quantitative estimate of drug-likeness (QED) is 0.462. The van der Waals surface area contributed by atoms with Crippen LogP contribution >= 0.6 is 35.0 Å². The van der Waals surface area contributed by atoms with Gasteiger partial charge in [-0.05, 0) is 50.5 Å². The van der Waals surface area contributed by atoms with Crippen molar-refractivity contribution in [3.63, 3.8) is 0 Å². The van der Waals surface area contributed by atoms with E-state index in [1.54, 1.807) is 34.9 Å². The number of hydrogen-bond donors (Lipinski definition) is 1.